The lowest BCUT2D eigenvalue weighted by Crippen LogP contribution is -2.12. The molecule has 0 saturated heterocycles. The van der Waals surface area contributed by atoms with Gasteiger partial charge in [-0.15, -0.1) is 0 Å². The third kappa shape index (κ3) is 4.50. The molecule has 5 aromatic rings. The molecule has 0 fully saturated rings. The average Bonchev–Trinajstić information content (AvgIpc) is 3.26. The third-order valence-corrected chi connectivity index (χ3v) is 6.05. The minimum Gasteiger partial charge on any atom is -0.456 e. The van der Waals surface area contributed by atoms with E-state index in [4.69, 9.17) is 12.1 Å². The van der Waals surface area contributed by atoms with Crippen LogP contribution in [0.15, 0.2) is 83.4 Å². The van der Waals surface area contributed by atoms with Crippen molar-refractivity contribution in [2.45, 2.75) is 53.3 Å². The lowest BCUT2D eigenvalue weighted by atomic mass is 9.82. The number of hydrogen-bond acceptors (Lipinski definition) is 2. The first-order valence-corrected chi connectivity index (χ1v) is 11.9. The summed E-state index contributed by atoms with van der Waals surface area (Å²) in [5.41, 5.74) is 5.12. The highest BCUT2D eigenvalue weighted by Crippen LogP contribution is 2.36. The Morgan fingerprint density at radius 3 is 2.35 bits per heavy atom. The highest BCUT2D eigenvalue weighted by atomic mass is 16.3. The number of nitrogens with zero attached hydrogens (tertiary/aromatic N) is 1. The van der Waals surface area contributed by atoms with Gasteiger partial charge in [-0.1, -0.05) is 71.9 Å². The molecule has 172 valence electrons. The van der Waals surface area contributed by atoms with Crippen LogP contribution in [0.3, 0.4) is 0 Å². The maximum atomic E-state index is 8.63. The van der Waals surface area contributed by atoms with Gasteiger partial charge >= 0.3 is 0 Å². The van der Waals surface area contributed by atoms with E-state index in [1.54, 1.807) is 0 Å². The number of hydrogen-bond donors (Lipinski definition) is 0. The van der Waals surface area contributed by atoms with Crippen LogP contribution in [-0.2, 0) is 11.8 Å². The van der Waals surface area contributed by atoms with Crippen LogP contribution in [0.4, 0.5) is 0 Å². The van der Waals surface area contributed by atoms with E-state index in [9.17, 15) is 0 Å². The van der Waals surface area contributed by atoms with Crippen LogP contribution in [0, 0.1) is 5.41 Å². The van der Waals surface area contributed by atoms with Gasteiger partial charge in [0.1, 0.15) is 11.3 Å². The van der Waals surface area contributed by atoms with Crippen LogP contribution >= 0.6 is 0 Å². The second-order valence-electron chi connectivity index (χ2n) is 11.2. The van der Waals surface area contributed by atoms with E-state index in [1.165, 1.54) is 16.3 Å². The largest absolute Gasteiger partial charge is 0.456 e. The van der Waals surface area contributed by atoms with E-state index < -0.39 is 11.8 Å². The van der Waals surface area contributed by atoms with Gasteiger partial charge in [0, 0.05) is 25.5 Å². The lowest BCUT2D eigenvalue weighted by Gasteiger charge is -2.22. The SMILES string of the molecule is [2H]C([2H])(c1ccc2oc(-c3ccnc(-c4cc(C(C)(C)C)c5ccccc5c4)c3)cc2c1)C(C)(C)C. The van der Waals surface area contributed by atoms with Gasteiger partial charge in [-0.25, -0.2) is 0 Å². The van der Waals surface area contributed by atoms with E-state index in [0.717, 1.165) is 33.6 Å². The molecule has 2 heterocycles. The Kier molecular flexibility index (Phi) is 4.79. The number of furan rings is 1. The zero-order valence-corrected chi connectivity index (χ0v) is 20.9. The normalized spacial score (nSPS) is 13.8. The Labute approximate surface area is 205 Å². The van der Waals surface area contributed by atoms with Crippen molar-refractivity contribution >= 4 is 21.7 Å². The molecule has 3 aromatic carbocycles. The summed E-state index contributed by atoms with van der Waals surface area (Å²) in [6.45, 7) is 12.5. The van der Waals surface area contributed by atoms with E-state index in [1.807, 2.05) is 57.3 Å². The molecule has 0 amide bonds. The molecule has 0 spiro atoms. The highest BCUT2D eigenvalue weighted by Gasteiger charge is 2.19. The Morgan fingerprint density at radius 1 is 0.794 bits per heavy atom. The summed E-state index contributed by atoms with van der Waals surface area (Å²) < 4.78 is 23.5. The molecule has 0 radical (unpaired) electrons. The van der Waals surface area contributed by atoms with Crippen LogP contribution in [0.2, 0.25) is 0 Å². The second-order valence-corrected chi connectivity index (χ2v) is 11.2. The van der Waals surface area contributed by atoms with E-state index in [-0.39, 0.29) is 5.41 Å². The predicted octanol–water partition coefficient (Wildman–Crippen LogP) is 9.20. The molecule has 0 saturated carbocycles. The van der Waals surface area contributed by atoms with E-state index in [2.05, 4.69) is 63.2 Å². The van der Waals surface area contributed by atoms with Crippen LogP contribution in [0.25, 0.3) is 44.3 Å². The van der Waals surface area contributed by atoms with Gasteiger partial charge in [0.15, 0.2) is 0 Å². The quantitative estimate of drug-likeness (QED) is 0.274. The molecule has 0 aliphatic carbocycles. The fourth-order valence-electron chi connectivity index (χ4n) is 4.52. The van der Waals surface area contributed by atoms with Gasteiger partial charge in [-0.05, 0) is 81.6 Å². The molecular weight excluding hydrogens is 414 g/mol. The number of rotatable bonds is 3. The molecule has 2 aromatic heterocycles. The highest BCUT2D eigenvalue weighted by molar-refractivity contribution is 5.91. The van der Waals surface area contributed by atoms with Crippen molar-refractivity contribution in [2.75, 3.05) is 0 Å². The van der Waals surface area contributed by atoms with Crippen LogP contribution < -0.4 is 0 Å². The minimum absolute atomic E-state index is 0.00163. The molecule has 2 heteroatoms. The third-order valence-electron chi connectivity index (χ3n) is 6.05. The average molecular weight is 450 g/mol. The molecular formula is C32H33NO. The molecule has 34 heavy (non-hydrogen) atoms. The monoisotopic (exact) mass is 449 g/mol. The van der Waals surface area contributed by atoms with Crippen molar-refractivity contribution in [1.82, 2.24) is 4.98 Å². The van der Waals surface area contributed by atoms with Gasteiger partial charge in [0.25, 0.3) is 0 Å². The van der Waals surface area contributed by atoms with Crippen molar-refractivity contribution in [3.05, 3.63) is 90.1 Å². The molecule has 0 N–H and O–H groups in total. The van der Waals surface area contributed by atoms with Crippen LogP contribution in [0.5, 0.6) is 0 Å². The van der Waals surface area contributed by atoms with E-state index >= 15 is 0 Å². The van der Waals surface area contributed by atoms with Gasteiger partial charge < -0.3 is 4.42 Å². The first-order valence-electron chi connectivity index (χ1n) is 12.9. The van der Waals surface area contributed by atoms with Crippen LogP contribution in [0.1, 0.15) is 55.4 Å². The fraction of sp³-hybridized carbons (Fsp3) is 0.281. The number of aromatic nitrogens is 1. The number of fused-ring (bicyclic) bond motifs is 2. The second kappa shape index (κ2) is 8.13. The maximum Gasteiger partial charge on any atom is 0.135 e. The number of benzene rings is 3. The van der Waals surface area contributed by atoms with Gasteiger partial charge in [0.2, 0.25) is 0 Å². The minimum atomic E-state index is -1.46. The Morgan fingerprint density at radius 2 is 1.59 bits per heavy atom. The van der Waals surface area contributed by atoms with Crippen molar-refractivity contribution in [3.8, 4) is 22.6 Å². The molecule has 2 nitrogen and oxygen atoms in total. The molecule has 0 atom stereocenters. The summed E-state index contributed by atoms with van der Waals surface area (Å²) in [6, 6.07) is 24.6. The zero-order valence-electron chi connectivity index (χ0n) is 22.9. The topological polar surface area (TPSA) is 26.0 Å². The molecule has 0 aliphatic heterocycles. The van der Waals surface area contributed by atoms with Crippen molar-refractivity contribution in [2.24, 2.45) is 5.41 Å². The standard InChI is InChI=1S/C32H33NO/c1-31(2,3)20-21-11-12-29-25(15-21)19-30(34-29)23-13-14-33-28(18-23)24-16-22-9-7-8-10-26(22)27(17-24)32(4,5)6/h7-19H,20H2,1-6H3/i20D2. The zero-order chi connectivity index (χ0) is 25.9. The molecule has 0 bridgehead atoms. The first kappa shape index (κ1) is 20.0. The molecule has 0 unspecified atom stereocenters. The fourth-order valence-corrected chi connectivity index (χ4v) is 4.52. The Bertz CT molecular complexity index is 1580. The predicted molar refractivity (Wildman–Crippen MR) is 144 cm³/mol. The van der Waals surface area contributed by atoms with E-state index in [0.29, 0.717) is 5.56 Å². The smallest absolute Gasteiger partial charge is 0.135 e. The molecule has 5 rings (SSSR count). The van der Waals surface area contributed by atoms with Crippen LogP contribution in [-0.4, -0.2) is 4.98 Å². The summed E-state index contributed by atoms with van der Waals surface area (Å²) in [4.78, 5) is 4.70. The summed E-state index contributed by atoms with van der Waals surface area (Å²) >= 11 is 0. The van der Waals surface area contributed by atoms with Gasteiger partial charge in [-0.3, -0.25) is 4.98 Å². The van der Waals surface area contributed by atoms with Crippen molar-refractivity contribution in [3.63, 3.8) is 0 Å². The molecule has 0 aliphatic rings. The summed E-state index contributed by atoms with van der Waals surface area (Å²) in [5.74, 6) is 0.749. The van der Waals surface area contributed by atoms with Gasteiger partial charge in [-0.2, -0.15) is 0 Å². The van der Waals surface area contributed by atoms with Crippen molar-refractivity contribution < 1.29 is 7.16 Å². The lowest BCUT2D eigenvalue weighted by molar-refractivity contribution is 0.411. The number of pyridine rings is 1. The van der Waals surface area contributed by atoms with Crippen molar-refractivity contribution in [1.29, 1.82) is 0 Å². The summed E-state index contributed by atoms with van der Waals surface area (Å²) in [7, 11) is 0. The maximum absolute atomic E-state index is 8.63. The first-order chi connectivity index (χ1) is 16.8. The Hall–Kier alpha value is -3.39. The Balaban J connectivity index is 1.58. The summed E-state index contributed by atoms with van der Waals surface area (Å²) in [6.07, 6.45) is 0.372. The summed E-state index contributed by atoms with van der Waals surface area (Å²) in [5, 5.41) is 3.37. The van der Waals surface area contributed by atoms with Gasteiger partial charge in [0.05, 0.1) is 5.69 Å².